The average Bonchev–Trinajstić information content (AvgIpc) is 3.80. The molecule has 70 heavy (non-hydrogen) atoms. The van der Waals surface area contributed by atoms with Crippen LogP contribution < -0.4 is 9.80 Å². The molecule has 0 aliphatic heterocycles. The smallest absolute Gasteiger partial charge is 0.0500 e. The van der Waals surface area contributed by atoms with Gasteiger partial charge in [-0.3, -0.25) is 0 Å². The van der Waals surface area contributed by atoms with Gasteiger partial charge in [0.15, 0.2) is 0 Å². The van der Waals surface area contributed by atoms with E-state index in [1.807, 2.05) is 12.2 Å². The zero-order valence-electron chi connectivity index (χ0n) is 41.6. The molecule has 6 aromatic carbocycles. The van der Waals surface area contributed by atoms with Gasteiger partial charge in [-0.25, -0.2) is 0 Å². The van der Waals surface area contributed by atoms with Crippen LogP contribution in [0.2, 0.25) is 0 Å². The molecule has 0 N–H and O–H groups in total. The van der Waals surface area contributed by atoms with E-state index < -0.39 is 0 Å². The number of allylic oxidation sites excluding steroid dienone is 16. The summed E-state index contributed by atoms with van der Waals surface area (Å²) in [7, 11) is 0. The van der Waals surface area contributed by atoms with E-state index in [1.165, 1.54) is 33.4 Å². The maximum atomic E-state index is 4.00. The summed E-state index contributed by atoms with van der Waals surface area (Å²) >= 11 is 0. The predicted octanol–water partition coefficient (Wildman–Crippen LogP) is 18.3. The van der Waals surface area contributed by atoms with Gasteiger partial charge in [-0.1, -0.05) is 229 Å². The predicted molar refractivity (Wildman–Crippen MR) is 302 cm³/mol. The van der Waals surface area contributed by atoms with E-state index >= 15 is 0 Å². The second-order valence-electron chi connectivity index (χ2n) is 19.6. The summed E-state index contributed by atoms with van der Waals surface area (Å²) in [6.07, 6.45) is 30.9. The van der Waals surface area contributed by atoms with Crippen molar-refractivity contribution in [3.05, 3.63) is 300 Å². The number of rotatable bonds is 14. The first-order valence-corrected chi connectivity index (χ1v) is 24.6. The van der Waals surface area contributed by atoms with Crippen molar-refractivity contribution in [2.24, 2.45) is 11.8 Å². The minimum absolute atomic E-state index is 0.0901. The summed E-state index contributed by atoms with van der Waals surface area (Å²) in [5.41, 5.74) is 18.5. The van der Waals surface area contributed by atoms with Gasteiger partial charge in [0.1, 0.15) is 0 Å². The number of nitrogens with zero attached hydrogens (tertiary/aromatic N) is 2. The minimum Gasteiger partial charge on any atom is -0.310 e. The van der Waals surface area contributed by atoms with E-state index in [9.17, 15) is 0 Å². The fraction of sp³-hybridized carbons (Fsp3) is 0.147. The topological polar surface area (TPSA) is 6.48 Å². The first-order chi connectivity index (χ1) is 34.0. The molecule has 3 aliphatic rings. The molecule has 2 nitrogen and oxygen atoms in total. The van der Waals surface area contributed by atoms with Gasteiger partial charge in [-0.05, 0) is 125 Å². The van der Waals surface area contributed by atoms with E-state index in [0.29, 0.717) is 0 Å². The van der Waals surface area contributed by atoms with Gasteiger partial charge in [-0.2, -0.15) is 0 Å². The van der Waals surface area contributed by atoms with Crippen LogP contribution in [-0.2, 0) is 10.8 Å². The van der Waals surface area contributed by atoms with Crippen LogP contribution in [0.3, 0.4) is 0 Å². The standard InChI is InChI=1S/C68H64N2/c1-9-22-61-63(31-20-23-49(4)65(61)67(5,6)55-41-33-50(10-2)34-42-55)69(57-26-14-12-15-27-57)59-45-37-52(38-46-59)53-39-47-60(48-40-53)70(58-28-16-13-17-29-58)64-32-21-25-54-24-18-19-30-62(64)66(54)68(7,8)56-43-35-51(11-3)36-44-56/h9-48,65-66H,2-3H2,1,4-8H3. The summed E-state index contributed by atoms with van der Waals surface area (Å²) in [6, 6.07) is 57.4. The lowest BCUT2D eigenvalue weighted by molar-refractivity contribution is 0.414. The van der Waals surface area contributed by atoms with Crippen LogP contribution in [0.15, 0.2) is 277 Å². The van der Waals surface area contributed by atoms with E-state index in [2.05, 4.69) is 295 Å². The summed E-state index contributed by atoms with van der Waals surface area (Å²) < 4.78 is 0. The van der Waals surface area contributed by atoms with Crippen molar-refractivity contribution in [2.75, 3.05) is 9.80 Å². The van der Waals surface area contributed by atoms with Crippen LogP contribution in [0.1, 0.15) is 63.8 Å². The quantitative estimate of drug-likeness (QED) is 0.107. The fourth-order valence-corrected chi connectivity index (χ4v) is 10.9. The van der Waals surface area contributed by atoms with Crippen molar-refractivity contribution in [3.8, 4) is 11.1 Å². The lowest BCUT2D eigenvalue weighted by Crippen LogP contribution is -2.34. The molecule has 2 bridgehead atoms. The Morgan fingerprint density at radius 2 is 0.943 bits per heavy atom. The maximum Gasteiger partial charge on any atom is 0.0500 e. The van der Waals surface area contributed by atoms with Gasteiger partial charge < -0.3 is 9.80 Å². The molecule has 2 heteroatoms. The zero-order valence-corrected chi connectivity index (χ0v) is 41.6. The molecule has 0 radical (unpaired) electrons. The lowest BCUT2D eigenvalue weighted by atomic mass is 9.66. The third-order valence-corrected chi connectivity index (χ3v) is 14.5. The Balaban J connectivity index is 1.08. The highest BCUT2D eigenvalue weighted by atomic mass is 15.2. The molecule has 0 aromatic heterocycles. The van der Waals surface area contributed by atoms with Gasteiger partial charge in [0.2, 0.25) is 0 Å². The highest BCUT2D eigenvalue weighted by Gasteiger charge is 2.40. The van der Waals surface area contributed by atoms with Crippen molar-refractivity contribution >= 4 is 34.9 Å². The van der Waals surface area contributed by atoms with Crippen LogP contribution in [-0.4, -0.2) is 0 Å². The fourth-order valence-electron chi connectivity index (χ4n) is 10.9. The van der Waals surface area contributed by atoms with Crippen molar-refractivity contribution in [2.45, 2.75) is 52.4 Å². The molecule has 0 fully saturated rings. The molecule has 346 valence electrons. The van der Waals surface area contributed by atoms with Gasteiger partial charge in [0, 0.05) is 56.8 Å². The molecule has 2 unspecified atom stereocenters. The molecule has 0 saturated carbocycles. The molecule has 6 aromatic rings. The van der Waals surface area contributed by atoms with Crippen LogP contribution in [0, 0.1) is 11.8 Å². The van der Waals surface area contributed by atoms with Crippen molar-refractivity contribution in [1.29, 1.82) is 0 Å². The van der Waals surface area contributed by atoms with E-state index in [4.69, 9.17) is 0 Å². The third kappa shape index (κ3) is 9.30. The molecule has 9 rings (SSSR count). The summed E-state index contributed by atoms with van der Waals surface area (Å²) in [5.74, 6) is 0.195. The van der Waals surface area contributed by atoms with Crippen molar-refractivity contribution in [1.82, 2.24) is 0 Å². The molecule has 0 amide bonds. The largest absolute Gasteiger partial charge is 0.310 e. The molecular weight excluding hydrogens is 845 g/mol. The number of benzene rings is 6. The highest BCUT2D eigenvalue weighted by Crippen LogP contribution is 2.49. The second kappa shape index (κ2) is 20.3. The summed E-state index contributed by atoms with van der Waals surface area (Å²) in [4.78, 5) is 4.84. The van der Waals surface area contributed by atoms with Crippen LogP contribution in [0.25, 0.3) is 23.3 Å². The van der Waals surface area contributed by atoms with E-state index in [-0.39, 0.29) is 22.7 Å². The average molecular weight is 909 g/mol. The van der Waals surface area contributed by atoms with E-state index in [0.717, 1.165) is 56.4 Å². The molecule has 3 aliphatic carbocycles. The van der Waals surface area contributed by atoms with Crippen molar-refractivity contribution < 1.29 is 0 Å². The Morgan fingerprint density at radius 1 is 0.471 bits per heavy atom. The summed E-state index contributed by atoms with van der Waals surface area (Å²) in [6.45, 7) is 21.9. The van der Waals surface area contributed by atoms with Crippen LogP contribution in [0.5, 0.6) is 0 Å². The van der Waals surface area contributed by atoms with Gasteiger partial charge in [0.25, 0.3) is 0 Å². The van der Waals surface area contributed by atoms with Crippen LogP contribution >= 0.6 is 0 Å². The number of hydrogen-bond donors (Lipinski definition) is 0. The molecule has 0 heterocycles. The normalized spacial score (nSPS) is 16.9. The number of para-hydroxylation sites is 2. The van der Waals surface area contributed by atoms with E-state index in [1.54, 1.807) is 0 Å². The zero-order chi connectivity index (χ0) is 48.8. The SMILES string of the molecule is C=Cc1ccc(C(C)(C)C2C3=CC=CC=C2C(N(c2ccccc2)c2ccc(-c4ccc(N(C5=C(C=CC)C(C(C)(C)c6ccc(C=C)cc6)C(C)=CC=C5)c5ccccc5)cc4)cc2)=CC=C3)cc1. The first kappa shape index (κ1) is 47.1. The Kier molecular flexibility index (Phi) is 13.7. The van der Waals surface area contributed by atoms with Crippen molar-refractivity contribution in [3.63, 3.8) is 0 Å². The second-order valence-corrected chi connectivity index (χ2v) is 19.6. The summed E-state index contributed by atoms with van der Waals surface area (Å²) in [5, 5.41) is 0. The van der Waals surface area contributed by atoms with Gasteiger partial charge in [-0.15, -0.1) is 0 Å². The first-order valence-electron chi connectivity index (χ1n) is 24.6. The number of anilines is 4. The monoisotopic (exact) mass is 909 g/mol. The maximum absolute atomic E-state index is 4.00. The number of fused-ring (bicyclic) bond motifs is 2. The third-order valence-electron chi connectivity index (χ3n) is 14.5. The molecule has 0 saturated heterocycles. The Hall–Kier alpha value is -7.94. The highest BCUT2D eigenvalue weighted by molar-refractivity contribution is 5.78. The Labute approximate surface area is 417 Å². The van der Waals surface area contributed by atoms with Gasteiger partial charge >= 0.3 is 0 Å². The molecular formula is C68H64N2. The number of hydrogen-bond acceptors (Lipinski definition) is 2. The molecule has 2 atom stereocenters. The lowest BCUT2D eigenvalue weighted by Gasteiger charge is -2.40. The minimum atomic E-state index is -0.227. The van der Waals surface area contributed by atoms with Gasteiger partial charge in [0.05, 0.1) is 0 Å². The Morgan fingerprint density at radius 3 is 1.47 bits per heavy atom. The molecule has 0 spiro atoms. The Bertz CT molecular complexity index is 3140. The van der Waals surface area contributed by atoms with Crippen LogP contribution in [0.4, 0.5) is 22.7 Å².